The van der Waals surface area contributed by atoms with E-state index in [0.717, 1.165) is 22.4 Å². The van der Waals surface area contributed by atoms with Gasteiger partial charge in [-0.25, -0.2) is 4.39 Å². The molecule has 0 saturated carbocycles. The number of thioether (sulfide) groups is 1. The zero-order valence-electron chi connectivity index (χ0n) is 22.1. The lowest BCUT2D eigenvalue weighted by Crippen LogP contribution is -2.27. The predicted octanol–water partition coefficient (Wildman–Crippen LogP) is 7.59. The number of amides is 2. The van der Waals surface area contributed by atoms with Crippen molar-refractivity contribution in [1.82, 2.24) is 4.90 Å². The van der Waals surface area contributed by atoms with Gasteiger partial charge in [-0.05, 0) is 92.3 Å². The quantitative estimate of drug-likeness (QED) is 0.183. The highest BCUT2D eigenvalue weighted by atomic mass is 79.9. The van der Waals surface area contributed by atoms with Crippen LogP contribution in [0.3, 0.4) is 0 Å². The number of halogens is 2. The Morgan fingerprint density at radius 3 is 2.28 bits per heavy atom. The maximum atomic E-state index is 13.2. The third-order valence-corrected chi connectivity index (χ3v) is 7.49. The lowest BCUT2D eigenvalue weighted by atomic mass is 9.87. The highest BCUT2D eigenvalue weighted by Crippen LogP contribution is 2.39. The first-order valence-electron chi connectivity index (χ1n) is 12.3. The molecule has 0 atom stereocenters. The van der Waals surface area contributed by atoms with Crippen molar-refractivity contribution in [3.63, 3.8) is 0 Å². The van der Waals surface area contributed by atoms with Gasteiger partial charge in [-0.1, -0.05) is 45.0 Å². The summed E-state index contributed by atoms with van der Waals surface area (Å²) in [6, 6.07) is 17.3. The van der Waals surface area contributed by atoms with Gasteiger partial charge in [0.05, 0.1) is 23.0 Å². The van der Waals surface area contributed by atoms with E-state index in [2.05, 4.69) is 48.8 Å². The van der Waals surface area contributed by atoms with Gasteiger partial charge in [0.25, 0.3) is 11.1 Å². The van der Waals surface area contributed by atoms with E-state index in [1.807, 2.05) is 12.1 Å². The molecule has 0 N–H and O–H groups in total. The van der Waals surface area contributed by atoms with Crippen molar-refractivity contribution in [2.75, 3.05) is 20.3 Å². The van der Waals surface area contributed by atoms with Crippen molar-refractivity contribution < 1.29 is 28.2 Å². The minimum Gasteiger partial charge on any atom is -0.493 e. The molecule has 0 aromatic heterocycles. The molecule has 1 aliphatic heterocycles. The molecular formula is C30H29BrFNO5S. The summed E-state index contributed by atoms with van der Waals surface area (Å²) in [6.45, 7) is 7.20. The molecule has 2 amide bonds. The fraction of sp³-hybridized carbons (Fsp3) is 0.267. The van der Waals surface area contributed by atoms with Crippen molar-refractivity contribution in [3.8, 4) is 17.2 Å². The van der Waals surface area contributed by atoms with E-state index >= 15 is 0 Å². The average molecular weight is 615 g/mol. The Bertz CT molecular complexity index is 1380. The van der Waals surface area contributed by atoms with Gasteiger partial charge in [0.2, 0.25) is 0 Å². The van der Waals surface area contributed by atoms with Crippen LogP contribution in [0.1, 0.15) is 37.5 Å². The fourth-order valence-electron chi connectivity index (χ4n) is 3.88. The molecule has 0 spiro atoms. The van der Waals surface area contributed by atoms with Gasteiger partial charge in [-0.3, -0.25) is 14.5 Å². The van der Waals surface area contributed by atoms with Crippen molar-refractivity contribution in [1.29, 1.82) is 0 Å². The molecule has 1 saturated heterocycles. The summed E-state index contributed by atoms with van der Waals surface area (Å²) in [5, 5.41) is -0.380. The summed E-state index contributed by atoms with van der Waals surface area (Å²) in [6.07, 6.45) is 1.64. The van der Waals surface area contributed by atoms with Gasteiger partial charge >= 0.3 is 0 Å². The maximum Gasteiger partial charge on any atom is 0.293 e. The van der Waals surface area contributed by atoms with Gasteiger partial charge in [0, 0.05) is 0 Å². The Labute approximate surface area is 240 Å². The summed E-state index contributed by atoms with van der Waals surface area (Å²) in [5.74, 6) is 0.957. The van der Waals surface area contributed by atoms with Crippen LogP contribution in [0.4, 0.5) is 9.18 Å². The van der Waals surface area contributed by atoms with Crippen molar-refractivity contribution in [2.24, 2.45) is 0 Å². The molecule has 0 aliphatic carbocycles. The monoisotopic (exact) mass is 613 g/mol. The van der Waals surface area contributed by atoms with Gasteiger partial charge in [0.15, 0.2) is 11.5 Å². The third kappa shape index (κ3) is 7.22. The van der Waals surface area contributed by atoms with Crippen molar-refractivity contribution in [3.05, 3.63) is 92.5 Å². The zero-order chi connectivity index (χ0) is 28.2. The highest BCUT2D eigenvalue weighted by Gasteiger charge is 2.35. The second-order valence-corrected chi connectivity index (χ2v) is 11.7. The largest absolute Gasteiger partial charge is 0.493 e. The predicted molar refractivity (Wildman–Crippen MR) is 155 cm³/mol. The van der Waals surface area contributed by atoms with Crippen LogP contribution in [0.25, 0.3) is 6.08 Å². The topological polar surface area (TPSA) is 65.1 Å². The molecule has 6 nitrogen and oxygen atoms in total. The normalized spacial score (nSPS) is 14.7. The molecule has 3 aromatic carbocycles. The number of ether oxygens (including phenoxy) is 3. The minimum absolute atomic E-state index is 0.0743. The first kappa shape index (κ1) is 28.7. The van der Waals surface area contributed by atoms with E-state index in [9.17, 15) is 14.0 Å². The molecule has 9 heteroatoms. The Morgan fingerprint density at radius 2 is 1.64 bits per heavy atom. The molecule has 204 valence electrons. The SMILES string of the molecule is COc1cc(/C=C2\SC(=O)N(Cc3ccc(F)cc3)C2=O)cc(Br)c1OCCOc1ccc(C(C)(C)C)cc1. The van der Waals surface area contributed by atoms with Gasteiger partial charge < -0.3 is 14.2 Å². The molecular weight excluding hydrogens is 585 g/mol. The van der Waals surface area contributed by atoms with Gasteiger partial charge in [0.1, 0.15) is 24.8 Å². The Kier molecular flexibility index (Phi) is 9.02. The molecule has 0 radical (unpaired) electrons. The second-order valence-electron chi connectivity index (χ2n) is 9.90. The first-order chi connectivity index (χ1) is 18.5. The van der Waals surface area contributed by atoms with E-state index in [4.69, 9.17) is 14.2 Å². The number of imide groups is 1. The maximum absolute atomic E-state index is 13.2. The average Bonchev–Trinajstić information content (AvgIpc) is 3.15. The van der Waals surface area contributed by atoms with Crippen LogP contribution in [0.5, 0.6) is 17.2 Å². The summed E-state index contributed by atoms with van der Waals surface area (Å²) >= 11 is 4.39. The Balaban J connectivity index is 1.39. The van der Waals surface area contributed by atoms with Crippen LogP contribution < -0.4 is 14.2 Å². The molecule has 1 aliphatic rings. The van der Waals surface area contributed by atoms with Crippen LogP contribution in [-0.4, -0.2) is 36.4 Å². The number of hydrogen-bond donors (Lipinski definition) is 0. The highest BCUT2D eigenvalue weighted by molar-refractivity contribution is 9.10. The van der Waals surface area contributed by atoms with E-state index in [1.165, 1.54) is 24.8 Å². The van der Waals surface area contributed by atoms with Crippen LogP contribution in [0.2, 0.25) is 0 Å². The van der Waals surface area contributed by atoms with Crippen molar-refractivity contribution in [2.45, 2.75) is 32.7 Å². The number of nitrogens with zero attached hydrogens (tertiary/aromatic N) is 1. The lowest BCUT2D eigenvalue weighted by Gasteiger charge is -2.19. The molecule has 1 heterocycles. The number of hydrogen-bond acceptors (Lipinski definition) is 6. The second kappa shape index (κ2) is 12.3. The van der Waals surface area contributed by atoms with E-state index in [0.29, 0.717) is 33.7 Å². The number of carbonyl (C=O) groups excluding carboxylic acids is 2. The Morgan fingerprint density at radius 1 is 0.974 bits per heavy atom. The smallest absolute Gasteiger partial charge is 0.293 e. The third-order valence-electron chi connectivity index (χ3n) is 6.00. The summed E-state index contributed by atoms with van der Waals surface area (Å²) in [5.41, 5.74) is 2.64. The van der Waals surface area contributed by atoms with E-state index < -0.39 is 5.91 Å². The fourth-order valence-corrected chi connectivity index (χ4v) is 5.29. The number of methoxy groups -OCH3 is 1. The summed E-state index contributed by atoms with van der Waals surface area (Å²) in [7, 11) is 1.53. The zero-order valence-corrected chi connectivity index (χ0v) is 24.5. The molecule has 1 fully saturated rings. The number of rotatable bonds is 9. The van der Waals surface area contributed by atoms with Gasteiger partial charge in [-0.2, -0.15) is 0 Å². The first-order valence-corrected chi connectivity index (χ1v) is 13.9. The molecule has 0 bridgehead atoms. The van der Waals surface area contributed by atoms with E-state index in [1.54, 1.807) is 30.3 Å². The number of carbonyl (C=O) groups is 2. The molecule has 0 unspecified atom stereocenters. The molecule has 39 heavy (non-hydrogen) atoms. The minimum atomic E-state index is -0.405. The Hall–Kier alpha value is -3.30. The standard InChI is InChI=1S/C30H29BrFNO5S/c1-30(2,3)21-7-11-23(12-8-21)37-13-14-38-27-24(31)15-20(16-25(27)36-4)17-26-28(34)33(29(35)39-26)18-19-5-9-22(32)10-6-19/h5-12,15-17H,13-14,18H2,1-4H3/b26-17-. The van der Waals surface area contributed by atoms with E-state index in [-0.39, 0.29) is 34.5 Å². The van der Waals surface area contributed by atoms with Crippen LogP contribution >= 0.6 is 27.7 Å². The summed E-state index contributed by atoms with van der Waals surface area (Å²) < 4.78 is 31.1. The lowest BCUT2D eigenvalue weighted by molar-refractivity contribution is -0.123. The number of benzene rings is 3. The van der Waals surface area contributed by atoms with Gasteiger partial charge in [-0.15, -0.1) is 0 Å². The molecule has 4 rings (SSSR count). The van der Waals surface area contributed by atoms with Crippen LogP contribution in [0.15, 0.2) is 70.0 Å². The molecule has 3 aromatic rings. The van der Waals surface area contributed by atoms with Crippen LogP contribution in [-0.2, 0) is 16.8 Å². The summed E-state index contributed by atoms with van der Waals surface area (Å²) in [4.78, 5) is 26.8. The van der Waals surface area contributed by atoms with Crippen molar-refractivity contribution >= 4 is 44.9 Å². The van der Waals surface area contributed by atoms with Crippen LogP contribution in [0, 0.1) is 5.82 Å².